The standard InChI is InChI=1S/C26H27FN8O3/c1-14-22(34(3)32-30-14)16-12-18-20(29-13-16)24-25(21(26(36)37-4)31-33(24)2)35(18)23(15-7-10-38-11-8-15)19-17(27)6-5-9-28-19/h5-6,9,12-13,15,23H,7-8,10-11H2,1-4H3. The number of pyridine rings is 2. The second kappa shape index (κ2) is 9.28. The fourth-order valence-electron chi connectivity index (χ4n) is 5.66. The van der Waals surface area contributed by atoms with E-state index in [2.05, 4.69) is 20.4 Å². The molecular weight excluding hydrogens is 491 g/mol. The first-order chi connectivity index (χ1) is 18.4. The third-order valence-corrected chi connectivity index (χ3v) is 7.32. The molecule has 0 N–H and O–H groups in total. The van der Waals surface area contributed by atoms with Crippen molar-refractivity contribution in [2.24, 2.45) is 20.0 Å². The summed E-state index contributed by atoms with van der Waals surface area (Å²) in [5, 5.41) is 12.8. The molecule has 0 spiro atoms. The molecule has 1 fully saturated rings. The Kier molecular flexibility index (Phi) is 5.90. The second-order valence-electron chi connectivity index (χ2n) is 9.53. The molecule has 1 unspecified atom stereocenters. The largest absolute Gasteiger partial charge is 0.464 e. The number of rotatable bonds is 5. The van der Waals surface area contributed by atoms with Crippen LogP contribution in [-0.2, 0) is 23.6 Å². The average Bonchev–Trinajstić information content (AvgIpc) is 3.56. The number of hydrogen-bond acceptors (Lipinski definition) is 8. The van der Waals surface area contributed by atoms with E-state index in [4.69, 9.17) is 14.5 Å². The first kappa shape index (κ1) is 24.2. The van der Waals surface area contributed by atoms with E-state index in [9.17, 15) is 4.79 Å². The Bertz CT molecular complexity index is 1660. The number of ether oxygens (including phenoxy) is 2. The fraction of sp³-hybridized carbons (Fsp3) is 0.385. The van der Waals surface area contributed by atoms with Crippen LogP contribution in [0.3, 0.4) is 0 Å². The van der Waals surface area contributed by atoms with Crippen molar-refractivity contribution in [1.29, 1.82) is 0 Å². The van der Waals surface area contributed by atoms with Crippen molar-refractivity contribution < 1.29 is 18.7 Å². The summed E-state index contributed by atoms with van der Waals surface area (Å²) in [5.41, 5.74) is 5.33. The monoisotopic (exact) mass is 518 g/mol. The number of methoxy groups -OCH3 is 1. The number of nitrogens with zero attached hydrogens (tertiary/aromatic N) is 8. The normalized spacial score (nSPS) is 15.4. The molecule has 6 rings (SSSR count). The maximum atomic E-state index is 15.5. The third-order valence-electron chi connectivity index (χ3n) is 7.32. The van der Waals surface area contributed by atoms with Crippen LogP contribution in [0.1, 0.15) is 40.8 Å². The average molecular weight is 519 g/mol. The van der Waals surface area contributed by atoms with Crippen LogP contribution in [0.25, 0.3) is 33.3 Å². The Labute approximate surface area is 217 Å². The minimum atomic E-state index is -0.584. The molecule has 0 amide bonds. The predicted octanol–water partition coefficient (Wildman–Crippen LogP) is 3.36. The summed E-state index contributed by atoms with van der Waals surface area (Å²) in [6, 6.07) is 4.43. The Morgan fingerprint density at radius 3 is 2.66 bits per heavy atom. The number of fused-ring (bicyclic) bond motifs is 3. The summed E-state index contributed by atoms with van der Waals surface area (Å²) >= 11 is 0. The molecule has 5 aromatic rings. The summed E-state index contributed by atoms with van der Waals surface area (Å²) < 4.78 is 31.5. The highest BCUT2D eigenvalue weighted by Gasteiger charge is 2.36. The number of halogens is 1. The summed E-state index contributed by atoms with van der Waals surface area (Å²) in [5.74, 6) is -1.02. The van der Waals surface area contributed by atoms with Crippen molar-refractivity contribution in [1.82, 2.24) is 39.3 Å². The molecular formula is C26H27FN8O3. The van der Waals surface area contributed by atoms with E-state index >= 15 is 4.39 Å². The first-order valence-corrected chi connectivity index (χ1v) is 12.4. The maximum Gasteiger partial charge on any atom is 0.360 e. The smallest absolute Gasteiger partial charge is 0.360 e. The van der Waals surface area contributed by atoms with Crippen LogP contribution in [0.5, 0.6) is 0 Å². The zero-order chi connectivity index (χ0) is 26.6. The molecule has 1 aliphatic heterocycles. The molecule has 196 valence electrons. The van der Waals surface area contributed by atoms with E-state index in [0.717, 1.165) is 22.5 Å². The van der Waals surface area contributed by atoms with Crippen molar-refractivity contribution in [3.8, 4) is 11.3 Å². The van der Waals surface area contributed by atoms with Gasteiger partial charge in [-0.3, -0.25) is 14.6 Å². The lowest BCUT2D eigenvalue weighted by molar-refractivity contribution is 0.0539. The molecule has 0 aromatic carbocycles. The van der Waals surface area contributed by atoms with Crippen molar-refractivity contribution in [2.45, 2.75) is 25.8 Å². The molecule has 1 atom stereocenters. The Morgan fingerprint density at radius 2 is 1.97 bits per heavy atom. The van der Waals surface area contributed by atoms with Crippen LogP contribution < -0.4 is 0 Å². The fourth-order valence-corrected chi connectivity index (χ4v) is 5.66. The van der Waals surface area contributed by atoms with Gasteiger partial charge in [0, 0.05) is 45.3 Å². The van der Waals surface area contributed by atoms with Crippen molar-refractivity contribution in [3.05, 3.63) is 53.5 Å². The number of carbonyl (C=O) groups is 1. The van der Waals surface area contributed by atoms with E-state index in [1.807, 2.05) is 24.6 Å². The van der Waals surface area contributed by atoms with Gasteiger partial charge in [0.2, 0.25) is 0 Å². The number of hydrogen-bond donors (Lipinski definition) is 0. The molecule has 6 heterocycles. The van der Waals surface area contributed by atoms with Gasteiger partial charge in [0.25, 0.3) is 0 Å². The van der Waals surface area contributed by atoms with Gasteiger partial charge >= 0.3 is 5.97 Å². The highest BCUT2D eigenvalue weighted by Crippen LogP contribution is 2.42. The molecule has 1 saturated heterocycles. The van der Waals surface area contributed by atoms with Crippen LogP contribution in [0.4, 0.5) is 4.39 Å². The van der Waals surface area contributed by atoms with Gasteiger partial charge in [-0.25, -0.2) is 13.9 Å². The van der Waals surface area contributed by atoms with E-state index in [0.29, 0.717) is 48.3 Å². The zero-order valence-electron chi connectivity index (χ0n) is 21.6. The van der Waals surface area contributed by atoms with Crippen LogP contribution in [0, 0.1) is 18.7 Å². The number of carbonyl (C=O) groups excluding carboxylic acids is 1. The highest BCUT2D eigenvalue weighted by molar-refractivity contribution is 6.11. The van der Waals surface area contributed by atoms with Crippen molar-refractivity contribution in [3.63, 3.8) is 0 Å². The molecule has 0 radical (unpaired) electrons. The van der Waals surface area contributed by atoms with Crippen LogP contribution >= 0.6 is 0 Å². The minimum absolute atomic E-state index is 0.0126. The Balaban J connectivity index is 1.74. The second-order valence-corrected chi connectivity index (χ2v) is 9.53. The number of aromatic nitrogens is 8. The van der Waals surface area contributed by atoms with Gasteiger partial charge in [-0.05, 0) is 43.9 Å². The third kappa shape index (κ3) is 3.66. The quantitative estimate of drug-likeness (QED) is 0.325. The summed E-state index contributed by atoms with van der Waals surface area (Å²) in [4.78, 5) is 22.3. The highest BCUT2D eigenvalue weighted by atomic mass is 19.1. The number of aryl methyl sites for hydroxylation is 3. The van der Waals surface area contributed by atoms with Gasteiger partial charge in [-0.1, -0.05) is 5.21 Å². The molecule has 0 aliphatic carbocycles. The van der Waals surface area contributed by atoms with E-state index in [1.165, 1.54) is 13.2 Å². The number of esters is 1. The van der Waals surface area contributed by atoms with Gasteiger partial charge in [-0.2, -0.15) is 5.10 Å². The molecule has 0 saturated carbocycles. The molecule has 12 heteroatoms. The van der Waals surface area contributed by atoms with Gasteiger partial charge in [-0.15, -0.1) is 5.10 Å². The molecule has 1 aliphatic rings. The van der Waals surface area contributed by atoms with Gasteiger partial charge in [0.1, 0.15) is 22.4 Å². The first-order valence-electron chi connectivity index (χ1n) is 12.4. The molecule has 38 heavy (non-hydrogen) atoms. The lowest BCUT2D eigenvalue weighted by Crippen LogP contribution is -2.28. The van der Waals surface area contributed by atoms with E-state index in [1.54, 1.807) is 34.9 Å². The van der Waals surface area contributed by atoms with Gasteiger partial charge in [0.15, 0.2) is 5.69 Å². The Morgan fingerprint density at radius 1 is 1.18 bits per heavy atom. The van der Waals surface area contributed by atoms with Crippen LogP contribution in [0.15, 0.2) is 30.6 Å². The summed E-state index contributed by atoms with van der Waals surface area (Å²) in [6.45, 7) is 2.99. The SMILES string of the molecule is COC(=O)c1nn(C)c2c3ncc(-c4c(C)nnn4C)cc3n(C(c3ncccc3F)C3CCOCC3)c12. The van der Waals surface area contributed by atoms with Crippen molar-refractivity contribution >= 4 is 28.0 Å². The van der Waals surface area contributed by atoms with Crippen LogP contribution in [0.2, 0.25) is 0 Å². The van der Waals surface area contributed by atoms with Gasteiger partial charge < -0.3 is 14.0 Å². The maximum absolute atomic E-state index is 15.5. The van der Waals surface area contributed by atoms with Crippen LogP contribution in [-0.4, -0.2) is 65.6 Å². The minimum Gasteiger partial charge on any atom is -0.464 e. The topological polar surface area (TPSA) is 115 Å². The lowest BCUT2D eigenvalue weighted by Gasteiger charge is -2.32. The van der Waals surface area contributed by atoms with Crippen molar-refractivity contribution in [2.75, 3.05) is 20.3 Å². The zero-order valence-corrected chi connectivity index (χ0v) is 21.6. The molecule has 5 aromatic heterocycles. The lowest BCUT2D eigenvalue weighted by atomic mass is 9.88. The van der Waals surface area contributed by atoms with E-state index in [-0.39, 0.29) is 11.6 Å². The Hall–Kier alpha value is -4.19. The summed E-state index contributed by atoms with van der Waals surface area (Å²) in [6.07, 6.45) is 4.75. The molecule has 11 nitrogen and oxygen atoms in total. The molecule has 0 bridgehead atoms. The van der Waals surface area contributed by atoms with E-state index < -0.39 is 17.8 Å². The van der Waals surface area contributed by atoms with Gasteiger partial charge in [0.05, 0.1) is 35.8 Å². The predicted molar refractivity (Wildman–Crippen MR) is 136 cm³/mol. The summed E-state index contributed by atoms with van der Waals surface area (Å²) in [7, 11) is 4.90.